The van der Waals surface area contributed by atoms with Gasteiger partial charge in [0.05, 0.1) is 0 Å². The number of rotatable bonds is 2. The molecule has 13 heavy (non-hydrogen) atoms. The minimum atomic E-state index is -0.557. The molecule has 1 aromatic heterocycles. The van der Waals surface area contributed by atoms with Gasteiger partial charge in [-0.05, 0) is 6.92 Å². The predicted molar refractivity (Wildman–Crippen MR) is 45.9 cm³/mol. The molecule has 0 unspecified atom stereocenters. The Hall–Kier alpha value is -1.91. The van der Waals surface area contributed by atoms with Gasteiger partial charge >= 0.3 is 0 Å². The summed E-state index contributed by atoms with van der Waals surface area (Å²) in [5, 5.41) is 2.11. The Morgan fingerprint density at radius 3 is 2.77 bits per heavy atom. The molecule has 0 radical (unpaired) electrons. The third kappa shape index (κ3) is 2.26. The molecule has 0 spiro atoms. The Kier molecular flexibility index (Phi) is 2.59. The number of nitrogens with one attached hydrogen (secondary N) is 2. The molecule has 1 rings (SSSR count). The lowest BCUT2D eigenvalue weighted by Crippen LogP contribution is -2.31. The van der Waals surface area contributed by atoms with E-state index in [2.05, 4.69) is 21.9 Å². The summed E-state index contributed by atoms with van der Waals surface area (Å²) in [6, 6.07) is 0. The van der Waals surface area contributed by atoms with E-state index in [4.69, 9.17) is 0 Å². The number of carbonyl (C=O) groups is 2. The van der Waals surface area contributed by atoms with E-state index in [0.717, 1.165) is 0 Å². The van der Waals surface area contributed by atoms with Gasteiger partial charge in [-0.1, -0.05) is 6.58 Å². The lowest BCUT2D eigenvalue weighted by atomic mass is 10.3. The molecule has 1 aromatic rings. The van der Waals surface area contributed by atoms with Crippen LogP contribution in [0.1, 0.15) is 17.5 Å². The van der Waals surface area contributed by atoms with Gasteiger partial charge in [0.2, 0.25) is 0 Å². The summed E-state index contributed by atoms with van der Waals surface area (Å²) in [6.45, 7) is 4.91. The van der Waals surface area contributed by atoms with Crippen molar-refractivity contribution < 1.29 is 9.59 Å². The van der Waals surface area contributed by atoms with E-state index in [1.54, 1.807) is 0 Å². The molecule has 5 heteroatoms. The minimum absolute atomic E-state index is 0.106. The van der Waals surface area contributed by atoms with Crippen molar-refractivity contribution in [2.45, 2.75) is 6.92 Å². The van der Waals surface area contributed by atoms with E-state index in [1.165, 1.54) is 19.3 Å². The molecular weight excluding hydrogens is 170 g/mol. The number of amides is 2. The van der Waals surface area contributed by atoms with Crippen LogP contribution < -0.4 is 5.32 Å². The summed E-state index contributed by atoms with van der Waals surface area (Å²) in [5.74, 6) is -0.950. The second-order valence-electron chi connectivity index (χ2n) is 2.50. The van der Waals surface area contributed by atoms with Gasteiger partial charge in [-0.15, -0.1) is 0 Å². The average molecular weight is 179 g/mol. The zero-order valence-corrected chi connectivity index (χ0v) is 7.13. The maximum Gasteiger partial charge on any atom is 0.293 e. The number of aromatic amines is 1. The second kappa shape index (κ2) is 3.66. The van der Waals surface area contributed by atoms with Gasteiger partial charge in [-0.25, -0.2) is 4.98 Å². The first-order valence-electron chi connectivity index (χ1n) is 3.62. The maximum atomic E-state index is 11.2. The highest BCUT2D eigenvalue weighted by Crippen LogP contribution is 1.90. The summed E-state index contributed by atoms with van der Waals surface area (Å²) < 4.78 is 0. The number of nitrogens with zero attached hydrogens (tertiary/aromatic N) is 1. The molecule has 0 saturated carbocycles. The monoisotopic (exact) mass is 179 g/mol. The van der Waals surface area contributed by atoms with Gasteiger partial charge in [-0.2, -0.15) is 0 Å². The van der Waals surface area contributed by atoms with Crippen LogP contribution in [0.2, 0.25) is 0 Å². The lowest BCUT2D eigenvalue weighted by molar-refractivity contribution is -0.116. The molecule has 0 bridgehead atoms. The van der Waals surface area contributed by atoms with E-state index in [0.29, 0.717) is 0 Å². The summed E-state index contributed by atoms with van der Waals surface area (Å²) in [5.41, 5.74) is 0.278. The van der Waals surface area contributed by atoms with Gasteiger partial charge < -0.3 is 4.98 Å². The number of H-pyrrole nitrogens is 1. The molecule has 0 saturated heterocycles. The van der Waals surface area contributed by atoms with Crippen molar-refractivity contribution in [3.05, 3.63) is 30.4 Å². The molecule has 0 aromatic carbocycles. The van der Waals surface area contributed by atoms with Gasteiger partial charge in [0.1, 0.15) is 0 Å². The molecular formula is C8H9N3O2. The smallest absolute Gasteiger partial charge is 0.293 e. The number of hydrogen-bond acceptors (Lipinski definition) is 3. The molecule has 5 nitrogen and oxygen atoms in total. The van der Waals surface area contributed by atoms with Crippen molar-refractivity contribution in [1.82, 2.24) is 15.3 Å². The summed E-state index contributed by atoms with van der Waals surface area (Å²) in [4.78, 5) is 28.4. The predicted octanol–water partition coefficient (Wildman–Crippen LogP) is 0.242. The highest BCUT2D eigenvalue weighted by Gasteiger charge is 2.11. The molecule has 1 heterocycles. The fourth-order valence-corrected chi connectivity index (χ4v) is 0.658. The first-order valence-corrected chi connectivity index (χ1v) is 3.62. The number of imidazole rings is 1. The summed E-state index contributed by atoms with van der Waals surface area (Å²) in [7, 11) is 0. The molecule has 68 valence electrons. The summed E-state index contributed by atoms with van der Waals surface area (Å²) >= 11 is 0. The molecule has 2 amide bonds. The third-order valence-electron chi connectivity index (χ3n) is 1.33. The zero-order valence-electron chi connectivity index (χ0n) is 7.13. The van der Waals surface area contributed by atoms with Gasteiger partial charge in [-0.3, -0.25) is 14.9 Å². The Balaban J connectivity index is 2.62. The maximum absolute atomic E-state index is 11.2. The van der Waals surface area contributed by atoms with Crippen LogP contribution in [0.15, 0.2) is 24.5 Å². The number of aromatic nitrogens is 2. The molecule has 0 aliphatic carbocycles. The van der Waals surface area contributed by atoms with Crippen LogP contribution in [-0.2, 0) is 4.79 Å². The van der Waals surface area contributed by atoms with E-state index < -0.39 is 11.8 Å². The van der Waals surface area contributed by atoms with Crippen LogP contribution >= 0.6 is 0 Å². The number of hydrogen-bond donors (Lipinski definition) is 2. The Bertz CT molecular complexity index is 340. The van der Waals surface area contributed by atoms with Crippen LogP contribution in [0.4, 0.5) is 0 Å². The quantitative estimate of drug-likeness (QED) is 0.638. The fraction of sp³-hybridized carbons (Fsp3) is 0.125. The zero-order chi connectivity index (χ0) is 9.84. The van der Waals surface area contributed by atoms with Crippen LogP contribution in [0.3, 0.4) is 0 Å². The van der Waals surface area contributed by atoms with Crippen LogP contribution in [0, 0.1) is 0 Å². The number of imide groups is 1. The molecule has 0 aliphatic rings. The first-order chi connectivity index (χ1) is 6.11. The Morgan fingerprint density at radius 2 is 2.31 bits per heavy atom. The molecule has 2 N–H and O–H groups in total. The van der Waals surface area contributed by atoms with Crippen molar-refractivity contribution in [1.29, 1.82) is 0 Å². The normalized spacial score (nSPS) is 9.31. The minimum Gasteiger partial charge on any atom is -0.341 e. The number of carbonyl (C=O) groups excluding carboxylic acids is 2. The SMILES string of the molecule is C=C(C)C(=O)NC(=O)c1ncc[nH]1. The molecule has 0 fully saturated rings. The van der Waals surface area contributed by atoms with E-state index in [1.807, 2.05) is 0 Å². The second-order valence-corrected chi connectivity index (χ2v) is 2.50. The topological polar surface area (TPSA) is 74.8 Å². The van der Waals surface area contributed by atoms with Crippen LogP contribution in [-0.4, -0.2) is 21.8 Å². The third-order valence-corrected chi connectivity index (χ3v) is 1.33. The lowest BCUT2D eigenvalue weighted by Gasteiger charge is -1.99. The van der Waals surface area contributed by atoms with Crippen molar-refractivity contribution in [3.63, 3.8) is 0 Å². The van der Waals surface area contributed by atoms with E-state index in [9.17, 15) is 9.59 Å². The van der Waals surface area contributed by atoms with Crippen molar-refractivity contribution in [2.24, 2.45) is 0 Å². The summed E-state index contributed by atoms with van der Waals surface area (Å²) in [6.07, 6.45) is 2.93. The van der Waals surface area contributed by atoms with E-state index in [-0.39, 0.29) is 11.4 Å². The van der Waals surface area contributed by atoms with Gasteiger partial charge in [0.25, 0.3) is 11.8 Å². The standard InChI is InChI=1S/C8H9N3O2/c1-5(2)7(12)11-8(13)6-9-3-4-10-6/h3-4H,1H2,2H3,(H,9,10)(H,11,12,13). The highest BCUT2D eigenvalue weighted by atomic mass is 16.2. The van der Waals surface area contributed by atoms with Crippen molar-refractivity contribution >= 4 is 11.8 Å². The van der Waals surface area contributed by atoms with E-state index >= 15 is 0 Å². The first kappa shape index (κ1) is 9.18. The average Bonchev–Trinajstić information content (AvgIpc) is 2.55. The van der Waals surface area contributed by atoms with Gasteiger partial charge in [0, 0.05) is 18.0 Å². The Morgan fingerprint density at radius 1 is 1.62 bits per heavy atom. The molecule has 0 aliphatic heterocycles. The van der Waals surface area contributed by atoms with Crippen molar-refractivity contribution in [3.8, 4) is 0 Å². The highest BCUT2D eigenvalue weighted by molar-refractivity contribution is 6.08. The molecule has 0 atom stereocenters. The fourth-order valence-electron chi connectivity index (χ4n) is 0.658. The van der Waals surface area contributed by atoms with Crippen LogP contribution in [0.5, 0.6) is 0 Å². The van der Waals surface area contributed by atoms with Gasteiger partial charge in [0.15, 0.2) is 5.82 Å². The largest absolute Gasteiger partial charge is 0.341 e. The van der Waals surface area contributed by atoms with Crippen molar-refractivity contribution in [2.75, 3.05) is 0 Å². The Labute approximate surface area is 74.9 Å². The van der Waals surface area contributed by atoms with Crippen LogP contribution in [0.25, 0.3) is 0 Å².